The molecule has 0 unspecified atom stereocenters. The summed E-state index contributed by atoms with van der Waals surface area (Å²) in [5.74, 6) is -0.609. The molecule has 1 N–H and O–H groups in total. The Morgan fingerprint density at radius 1 is 1.31 bits per heavy atom. The molecule has 0 spiro atoms. The molecule has 3 rings (SSSR count). The molecule has 0 aliphatic carbocycles. The quantitative estimate of drug-likeness (QED) is 0.466. The number of para-hydroxylation sites is 1. The molecule has 0 fully saturated rings. The number of carbonyl (C=O) groups excluding carboxylic acids is 1. The third-order valence-electron chi connectivity index (χ3n) is 3.61. The van der Waals surface area contributed by atoms with Crippen LogP contribution in [0.1, 0.15) is 12.5 Å². The second-order valence-corrected chi connectivity index (χ2v) is 8.80. The highest BCUT2D eigenvalue weighted by molar-refractivity contribution is 8.02. The summed E-state index contributed by atoms with van der Waals surface area (Å²) in [7, 11) is 0. The molecule has 8 heteroatoms. The molecule has 0 radical (unpaired) electrons. The van der Waals surface area contributed by atoms with Gasteiger partial charge in [0.2, 0.25) is 5.91 Å². The molecular weight excluding hydrogens is 389 g/mol. The van der Waals surface area contributed by atoms with Crippen LogP contribution in [0.4, 0.5) is 10.1 Å². The van der Waals surface area contributed by atoms with Crippen LogP contribution in [0.15, 0.2) is 52.9 Å². The van der Waals surface area contributed by atoms with Crippen molar-refractivity contribution in [3.8, 4) is 5.69 Å². The molecule has 0 saturated heterocycles. The van der Waals surface area contributed by atoms with E-state index in [1.807, 2.05) is 31.2 Å². The van der Waals surface area contributed by atoms with Crippen molar-refractivity contribution in [3.63, 3.8) is 0 Å². The molecule has 1 aromatic heterocycles. The number of rotatable bonds is 5. The van der Waals surface area contributed by atoms with E-state index in [1.165, 1.54) is 35.2 Å². The van der Waals surface area contributed by atoms with Crippen LogP contribution in [0, 0.1) is 16.7 Å². The first-order valence-corrected chi connectivity index (χ1v) is 9.94. The highest BCUT2D eigenvalue weighted by Gasteiger charge is 2.18. The van der Waals surface area contributed by atoms with Crippen molar-refractivity contribution in [1.29, 1.82) is 0 Å². The van der Waals surface area contributed by atoms with E-state index in [-0.39, 0.29) is 5.91 Å². The monoisotopic (exact) mass is 405 g/mol. The molecular formula is C18H16FN3OS3. The van der Waals surface area contributed by atoms with Gasteiger partial charge in [0, 0.05) is 5.69 Å². The molecule has 1 atom stereocenters. The summed E-state index contributed by atoms with van der Waals surface area (Å²) in [6.45, 7) is 3.78. The molecule has 0 aliphatic rings. The zero-order valence-corrected chi connectivity index (χ0v) is 16.6. The van der Waals surface area contributed by atoms with Crippen molar-refractivity contribution in [3.05, 3.63) is 63.9 Å². The highest BCUT2D eigenvalue weighted by atomic mass is 32.2. The smallest absolute Gasteiger partial charge is 0.237 e. The summed E-state index contributed by atoms with van der Waals surface area (Å²) in [6, 6.07) is 13.7. The van der Waals surface area contributed by atoms with Crippen LogP contribution >= 0.6 is 35.3 Å². The third kappa shape index (κ3) is 4.38. The fourth-order valence-corrected chi connectivity index (χ4v) is 4.77. The van der Waals surface area contributed by atoms with Crippen LogP contribution < -0.4 is 5.32 Å². The molecule has 0 aliphatic heterocycles. The number of benzene rings is 2. The minimum Gasteiger partial charge on any atom is -0.325 e. The van der Waals surface area contributed by atoms with Gasteiger partial charge in [0.15, 0.2) is 8.29 Å². The first kappa shape index (κ1) is 18.8. The molecule has 3 aromatic rings. The lowest BCUT2D eigenvalue weighted by Crippen LogP contribution is -2.22. The Morgan fingerprint density at radius 2 is 2.08 bits per heavy atom. The zero-order chi connectivity index (χ0) is 18.7. The second-order valence-electron chi connectivity index (χ2n) is 5.59. The summed E-state index contributed by atoms with van der Waals surface area (Å²) in [5.41, 5.74) is 2.43. The minimum absolute atomic E-state index is 0.218. The predicted molar refractivity (Wildman–Crippen MR) is 107 cm³/mol. The maximum absolute atomic E-state index is 13.2. The van der Waals surface area contributed by atoms with Crippen LogP contribution in [-0.2, 0) is 4.79 Å². The van der Waals surface area contributed by atoms with Crippen molar-refractivity contribution in [2.45, 2.75) is 23.4 Å². The van der Waals surface area contributed by atoms with Gasteiger partial charge in [-0.3, -0.25) is 4.79 Å². The van der Waals surface area contributed by atoms with E-state index in [4.69, 9.17) is 12.2 Å². The van der Waals surface area contributed by atoms with Gasteiger partial charge in [0.25, 0.3) is 0 Å². The number of anilines is 1. The summed E-state index contributed by atoms with van der Waals surface area (Å²) in [6.07, 6.45) is 0. The topological polar surface area (TPSA) is 46.9 Å². The number of amides is 1. The Hall–Kier alpha value is -2.03. The lowest BCUT2D eigenvalue weighted by Gasteiger charge is -2.10. The van der Waals surface area contributed by atoms with E-state index in [1.54, 1.807) is 23.7 Å². The van der Waals surface area contributed by atoms with E-state index in [0.717, 1.165) is 11.3 Å². The normalized spacial score (nSPS) is 12.0. The molecule has 1 heterocycles. The van der Waals surface area contributed by atoms with E-state index in [9.17, 15) is 9.18 Å². The predicted octanol–water partition coefficient (Wildman–Crippen LogP) is 5.23. The maximum Gasteiger partial charge on any atom is 0.237 e. The maximum atomic E-state index is 13.2. The van der Waals surface area contributed by atoms with Crippen LogP contribution in [-0.4, -0.2) is 20.9 Å². The van der Waals surface area contributed by atoms with Gasteiger partial charge in [-0.05, 0) is 55.9 Å². The number of nitrogens with one attached hydrogen (secondary N) is 1. The van der Waals surface area contributed by atoms with Gasteiger partial charge in [-0.25, -0.2) is 9.07 Å². The largest absolute Gasteiger partial charge is 0.325 e. The summed E-state index contributed by atoms with van der Waals surface area (Å²) < 4.78 is 16.3. The Balaban J connectivity index is 1.73. The van der Waals surface area contributed by atoms with Gasteiger partial charge in [-0.1, -0.05) is 47.4 Å². The molecule has 0 bridgehead atoms. The first-order chi connectivity index (χ1) is 12.4. The lowest BCUT2D eigenvalue weighted by molar-refractivity contribution is -0.115. The number of aromatic nitrogens is 2. The average molecular weight is 406 g/mol. The molecule has 1 amide bonds. The van der Waals surface area contributed by atoms with Gasteiger partial charge < -0.3 is 5.32 Å². The number of halogens is 1. The van der Waals surface area contributed by atoms with E-state index >= 15 is 0 Å². The van der Waals surface area contributed by atoms with Gasteiger partial charge in [-0.2, -0.15) is 0 Å². The Morgan fingerprint density at radius 3 is 2.81 bits per heavy atom. The second kappa shape index (κ2) is 8.11. The number of carbonyl (C=O) groups is 1. The standard InChI is InChI=1S/C18H16FN3OS3/c1-11-6-3-4-9-15(11)22-18(24)26-17(21-22)25-12(2)16(23)20-14-8-5-7-13(19)10-14/h3-10,12H,1-2H3,(H,20,23)/t12-/m0/s1. The van der Waals surface area contributed by atoms with Crippen molar-refractivity contribution in [2.24, 2.45) is 0 Å². The van der Waals surface area contributed by atoms with Gasteiger partial charge in [0.1, 0.15) is 5.82 Å². The van der Waals surface area contributed by atoms with Crippen LogP contribution in [0.3, 0.4) is 0 Å². The van der Waals surface area contributed by atoms with Crippen molar-refractivity contribution in [1.82, 2.24) is 9.78 Å². The number of aryl methyl sites for hydroxylation is 1. The van der Waals surface area contributed by atoms with Gasteiger partial charge in [-0.15, -0.1) is 5.10 Å². The molecule has 26 heavy (non-hydrogen) atoms. The van der Waals surface area contributed by atoms with Crippen LogP contribution in [0.5, 0.6) is 0 Å². The third-order valence-corrected chi connectivity index (χ3v) is 6.03. The molecule has 2 aromatic carbocycles. The van der Waals surface area contributed by atoms with Crippen molar-refractivity contribution in [2.75, 3.05) is 5.32 Å². The number of nitrogens with zero attached hydrogens (tertiary/aromatic N) is 2. The summed E-state index contributed by atoms with van der Waals surface area (Å²) in [4.78, 5) is 12.3. The summed E-state index contributed by atoms with van der Waals surface area (Å²) >= 11 is 8.10. The Kier molecular flexibility index (Phi) is 5.85. The zero-order valence-electron chi connectivity index (χ0n) is 14.1. The minimum atomic E-state index is -0.399. The highest BCUT2D eigenvalue weighted by Crippen LogP contribution is 2.29. The van der Waals surface area contributed by atoms with Crippen molar-refractivity contribution >= 4 is 46.9 Å². The lowest BCUT2D eigenvalue weighted by atomic mass is 10.2. The average Bonchev–Trinajstić information content (AvgIpc) is 2.95. The van der Waals surface area contributed by atoms with Gasteiger partial charge in [0.05, 0.1) is 10.9 Å². The Labute approximate surface area is 164 Å². The van der Waals surface area contributed by atoms with E-state index < -0.39 is 11.1 Å². The van der Waals surface area contributed by atoms with E-state index in [0.29, 0.717) is 14.0 Å². The van der Waals surface area contributed by atoms with Crippen molar-refractivity contribution < 1.29 is 9.18 Å². The number of hydrogen-bond donors (Lipinski definition) is 1. The fourth-order valence-electron chi connectivity index (χ4n) is 2.28. The number of thioether (sulfide) groups is 1. The van der Waals surface area contributed by atoms with Crippen LogP contribution in [0.2, 0.25) is 0 Å². The van der Waals surface area contributed by atoms with Gasteiger partial charge >= 0.3 is 0 Å². The summed E-state index contributed by atoms with van der Waals surface area (Å²) in [5, 5.41) is 6.85. The molecule has 0 saturated carbocycles. The molecule has 134 valence electrons. The Bertz CT molecular complexity index is 999. The fraction of sp³-hybridized carbons (Fsp3) is 0.167. The first-order valence-electron chi connectivity index (χ1n) is 7.83. The number of hydrogen-bond acceptors (Lipinski definition) is 5. The van der Waals surface area contributed by atoms with E-state index in [2.05, 4.69) is 10.4 Å². The molecule has 4 nitrogen and oxygen atoms in total. The van der Waals surface area contributed by atoms with Crippen LogP contribution in [0.25, 0.3) is 5.69 Å². The SMILES string of the molecule is Cc1ccccc1-n1nc(S[C@@H](C)C(=O)Nc2cccc(F)c2)sc1=S.